The summed E-state index contributed by atoms with van der Waals surface area (Å²) < 4.78 is 13.7. The second-order valence-electron chi connectivity index (χ2n) is 12.7. The summed E-state index contributed by atoms with van der Waals surface area (Å²) in [6.45, 7) is 8.80. The summed E-state index contributed by atoms with van der Waals surface area (Å²) >= 11 is 1.20. The van der Waals surface area contributed by atoms with E-state index in [-0.39, 0.29) is 28.2 Å². The lowest BCUT2D eigenvalue weighted by molar-refractivity contribution is 0.102. The van der Waals surface area contributed by atoms with Crippen LogP contribution in [-0.4, -0.2) is 34.3 Å². The first kappa shape index (κ1) is 30.1. The quantitative estimate of drug-likeness (QED) is 0.210. The highest BCUT2D eigenvalue weighted by Gasteiger charge is 2.51. The molecule has 3 heterocycles. The molecular formula is C35H38N4O3SSi. The van der Waals surface area contributed by atoms with Gasteiger partial charge in [-0.05, 0) is 77.8 Å². The molecule has 1 N–H and O–H groups in total. The van der Waals surface area contributed by atoms with Crippen LogP contribution in [-0.2, 0) is 4.43 Å². The molecule has 0 spiro atoms. The van der Waals surface area contributed by atoms with Crippen LogP contribution in [0.1, 0.15) is 68.5 Å². The third-order valence-electron chi connectivity index (χ3n) is 8.70. The number of aromatic nitrogens is 3. The van der Waals surface area contributed by atoms with Crippen LogP contribution in [0.5, 0.6) is 0 Å². The molecular weight excluding hydrogens is 585 g/mol. The zero-order valence-electron chi connectivity index (χ0n) is 25.6. The van der Waals surface area contributed by atoms with Gasteiger partial charge in [0.15, 0.2) is 0 Å². The van der Waals surface area contributed by atoms with Crippen molar-refractivity contribution in [3.05, 3.63) is 113 Å². The highest BCUT2D eigenvalue weighted by atomic mass is 32.1. The molecule has 2 aromatic carbocycles. The number of carbonyl (C=O) groups excluding carboxylic acids is 1. The Bertz CT molecular complexity index is 1780. The Balaban J connectivity index is 1.30. The number of nitrogens with zero attached hydrogens (tertiary/aromatic N) is 3. The molecule has 0 atom stereocenters. The first-order valence-corrected chi connectivity index (χ1v) is 17.9. The van der Waals surface area contributed by atoms with Gasteiger partial charge in [-0.1, -0.05) is 81.4 Å². The highest BCUT2D eigenvalue weighted by molar-refractivity contribution is 7.10. The lowest BCUT2D eigenvalue weighted by atomic mass is 9.92. The summed E-state index contributed by atoms with van der Waals surface area (Å²) in [6, 6.07) is 26.9. The van der Waals surface area contributed by atoms with E-state index in [1.54, 1.807) is 30.6 Å². The maximum absolute atomic E-state index is 13.4. The van der Waals surface area contributed by atoms with Crippen LogP contribution in [0.3, 0.4) is 0 Å². The Morgan fingerprint density at radius 3 is 2.16 bits per heavy atom. The van der Waals surface area contributed by atoms with E-state index in [2.05, 4.69) is 96.1 Å². The van der Waals surface area contributed by atoms with E-state index in [4.69, 9.17) is 4.43 Å². The van der Waals surface area contributed by atoms with E-state index in [1.165, 1.54) is 21.9 Å². The molecule has 5 aromatic rings. The van der Waals surface area contributed by atoms with Crippen molar-refractivity contribution >= 4 is 52.2 Å². The largest absolute Gasteiger partial charge is 0.404 e. The maximum atomic E-state index is 13.4. The molecule has 226 valence electrons. The average molecular weight is 623 g/mol. The SMILES string of the molecule is Cc1cc(NC(=O)c2cn(C3CCC(O[Si](c4ccccc4)(c4ccccc4)C(C)(C)C)CC3)c3ncccc3c2=O)sn1. The van der Waals surface area contributed by atoms with E-state index in [0.717, 1.165) is 31.4 Å². The van der Waals surface area contributed by atoms with Crippen molar-refractivity contribution in [2.45, 2.75) is 70.6 Å². The number of fused-ring (bicyclic) bond motifs is 1. The number of amides is 1. The van der Waals surface area contributed by atoms with Crippen LogP contribution >= 0.6 is 11.5 Å². The van der Waals surface area contributed by atoms with Crippen molar-refractivity contribution in [3.63, 3.8) is 0 Å². The van der Waals surface area contributed by atoms with Gasteiger partial charge in [0, 0.05) is 24.5 Å². The number of pyridine rings is 2. The fraction of sp³-hybridized carbons (Fsp3) is 0.314. The Morgan fingerprint density at radius 2 is 1.59 bits per heavy atom. The first-order chi connectivity index (χ1) is 21.2. The number of carbonyl (C=O) groups is 1. The fourth-order valence-corrected chi connectivity index (χ4v) is 12.0. The number of hydrogen-bond acceptors (Lipinski definition) is 6. The summed E-state index contributed by atoms with van der Waals surface area (Å²) in [6.07, 6.45) is 6.95. The van der Waals surface area contributed by atoms with Gasteiger partial charge in [-0.15, -0.1) is 0 Å². The van der Waals surface area contributed by atoms with Crippen molar-refractivity contribution < 1.29 is 9.22 Å². The topological polar surface area (TPSA) is 86.1 Å². The third-order valence-corrected chi connectivity index (χ3v) is 14.6. The van der Waals surface area contributed by atoms with Crippen molar-refractivity contribution in [2.24, 2.45) is 0 Å². The van der Waals surface area contributed by atoms with Crippen LogP contribution in [0, 0.1) is 6.92 Å². The zero-order chi connectivity index (χ0) is 30.9. The van der Waals surface area contributed by atoms with E-state index in [0.29, 0.717) is 16.0 Å². The minimum absolute atomic E-state index is 0.0872. The molecule has 7 nitrogen and oxygen atoms in total. The van der Waals surface area contributed by atoms with Gasteiger partial charge in [0.25, 0.3) is 14.2 Å². The Hall–Kier alpha value is -3.92. The van der Waals surface area contributed by atoms with Gasteiger partial charge in [0.1, 0.15) is 16.2 Å². The van der Waals surface area contributed by atoms with Gasteiger partial charge in [0.05, 0.1) is 11.1 Å². The lowest BCUT2D eigenvalue weighted by Gasteiger charge is -2.46. The summed E-state index contributed by atoms with van der Waals surface area (Å²) in [7, 11) is -2.67. The summed E-state index contributed by atoms with van der Waals surface area (Å²) in [5, 5.41) is 6.40. The molecule has 0 saturated heterocycles. The van der Waals surface area contributed by atoms with E-state index >= 15 is 0 Å². The normalized spacial score (nSPS) is 17.5. The van der Waals surface area contributed by atoms with Crippen LogP contribution in [0.25, 0.3) is 11.0 Å². The smallest absolute Gasteiger partial charge is 0.261 e. The molecule has 0 radical (unpaired) electrons. The number of rotatable bonds is 7. The van der Waals surface area contributed by atoms with Gasteiger partial charge >= 0.3 is 0 Å². The van der Waals surface area contributed by atoms with Crippen LogP contribution in [0.15, 0.2) is 96.1 Å². The third kappa shape index (κ3) is 5.67. The first-order valence-electron chi connectivity index (χ1n) is 15.2. The lowest BCUT2D eigenvalue weighted by Crippen LogP contribution is -2.67. The number of benzene rings is 2. The molecule has 6 rings (SSSR count). The molecule has 9 heteroatoms. The predicted octanol–water partition coefficient (Wildman–Crippen LogP) is 6.47. The van der Waals surface area contributed by atoms with Gasteiger partial charge in [-0.25, -0.2) is 4.98 Å². The van der Waals surface area contributed by atoms with E-state index in [9.17, 15) is 9.59 Å². The monoisotopic (exact) mass is 622 g/mol. The second kappa shape index (κ2) is 12.2. The molecule has 0 unspecified atom stereocenters. The number of anilines is 1. The predicted molar refractivity (Wildman–Crippen MR) is 181 cm³/mol. The minimum atomic E-state index is -2.67. The van der Waals surface area contributed by atoms with Crippen LogP contribution in [0.2, 0.25) is 5.04 Å². The molecule has 1 amide bonds. The second-order valence-corrected chi connectivity index (χ2v) is 17.7. The van der Waals surface area contributed by atoms with E-state index < -0.39 is 14.2 Å². The van der Waals surface area contributed by atoms with Crippen molar-refractivity contribution in [1.82, 2.24) is 13.9 Å². The standard InChI is InChI=1S/C35H38N4O3SSi/c1-24-22-31(43-38-24)37-34(41)30-23-39(33-29(32(30)40)16-11-21-36-33)25-17-19-26(20-18-25)42-44(35(2,3)4,27-12-7-5-8-13-27)28-14-9-6-10-15-28/h5-16,21-23,25-26H,17-20H2,1-4H3,(H,37,41). The van der Waals surface area contributed by atoms with Gasteiger partial charge < -0.3 is 14.3 Å². The van der Waals surface area contributed by atoms with Gasteiger partial charge in [-0.3, -0.25) is 9.59 Å². The molecule has 44 heavy (non-hydrogen) atoms. The van der Waals surface area contributed by atoms with Crippen LogP contribution in [0.4, 0.5) is 5.00 Å². The van der Waals surface area contributed by atoms with Crippen molar-refractivity contribution in [1.29, 1.82) is 0 Å². The molecule has 0 bridgehead atoms. The summed E-state index contributed by atoms with van der Waals surface area (Å²) in [4.78, 5) is 31.3. The highest BCUT2D eigenvalue weighted by Crippen LogP contribution is 2.40. The minimum Gasteiger partial charge on any atom is -0.404 e. The molecule has 3 aromatic heterocycles. The summed E-state index contributed by atoms with van der Waals surface area (Å²) in [5.41, 5.74) is 1.23. The average Bonchev–Trinajstić information content (AvgIpc) is 3.44. The van der Waals surface area contributed by atoms with Gasteiger partial charge in [0.2, 0.25) is 5.43 Å². The molecule has 1 aliphatic rings. The zero-order valence-corrected chi connectivity index (χ0v) is 27.4. The Kier molecular flexibility index (Phi) is 8.37. The molecule has 1 fully saturated rings. The Morgan fingerprint density at radius 1 is 0.955 bits per heavy atom. The van der Waals surface area contributed by atoms with Crippen molar-refractivity contribution in [2.75, 3.05) is 5.32 Å². The summed E-state index contributed by atoms with van der Waals surface area (Å²) in [5.74, 6) is -0.429. The number of aryl methyl sites for hydroxylation is 1. The van der Waals surface area contributed by atoms with Crippen molar-refractivity contribution in [3.8, 4) is 0 Å². The number of nitrogens with one attached hydrogen (secondary N) is 1. The maximum Gasteiger partial charge on any atom is 0.261 e. The Labute approximate surface area is 263 Å². The molecule has 1 aliphatic carbocycles. The molecule has 1 saturated carbocycles. The van der Waals surface area contributed by atoms with Crippen LogP contribution < -0.4 is 21.1 Å². The van der Waals surface area contributed by atoms with E-state index in [1.807, 2.05) is 11.5 Å². The molecule has 0 aliphatic heterocycles. The fourth-order valence-electron chi connectivity index (χ4n) is 6.61. The number of hydrogen-bond donors (Lipinski definition) is 1. The van der Waals surface area contributed by atoms with Gasteiger partial charge in [-0.2, -0.15) is 4.37 Å².